The molecule has 19 heavy (non-hydrogen) atoms. The highest BCUT2D eigenvalue weighted by molar-refractivity contribution is 6.30. The van der Waals surface area contributed by atoms with Crippen LogP contribution in [0.4, 0.5) is 5.69 Å². The first-order chi connectivity index (χ1) is 9.17. The third-order valence-corrected chi connectivity index (χ3v) is 3.68. The Bertz CT molecular complexity index is 380. The van der Waals surface area contributed by atoms with Crippen molar-refractivity contribution in [2.45, 2.75) is 39.3 Å². The Balaban J connectivity index is 3.13. The summed E-state index contributed by atoms with van der Waals surface area (Å²) in [4.78, 5) is 2.29. The molecule has 3 nitrogen and oxygen atoms in total. The van der Waals surface area contributed by atoms with Gasteiger partial charge in [0.15, 0.2) is 0 Å². The van der Waals surface area contributed by atoms with E-state index in [2.05, 4.69) is 30.1 Å². The summed E-state index contributed by atoms with van der Waals surface area (Å²) < 4.78 is 0. The second kappa shape index (κ2) is 8.41. The van der Waals surface area contributed by atoms with Crippen molar-refractivity contribution < 1.29 is 5.11 Å². The van der Waals surface area contributed by atoms with Gasteiger partial charge < -0.3 is 15.3 Å². The number of aliphatic hydroxyl groups excluding tert-OH is 1. The fraction of sp³-hybridized carbons (Fsp3) is 0.600. The van der Waals surface area contributed by atoms with Crippen LogP contribution in [0.15, 0.2) is 18.2 Å². The van der Waals surface area contributed by atoms with Crippen molar-refractivity contribution in [3.8, 4) is 0 Å². The van der Waals surface area contributed by atoms with E-state index in [9.17, 15) is 5.11 Å². The average Bonchev–Trinajstić information content (AvgIpc) is 2.40. The van der Waals surface area contributed by atoms with Gasteiger partial charge in [-0.3, -0.25) is 0 Å². The fourth-order valence-corrected chi connectivity index (χ4v) is 2.70. The molecule has 0 aromatic heterocycles. The first-order valence-electron chi connectivity index (χ1n) is 6.98. The number of benzene rings is 1. The first-order valence-corrected chi connectivity index (χ1v) is 7.36. The molecule has 0 bridgehead atoms. The molecule has 108 valence electrons. The van der Waals surface area contributed by atoms with E-state index < -0.39 is 0 Å². The summed E-state index contributed by atoms with van der Waals surface area (Å²) >= 11 is 6.09. The lowest BCUT2D eigenvalue weighted by Crippen LogP contribution is -2.37. The molecule has 0 atom stereocenters. The molecule has 0 saturated heterocycles. The van der Waals surface area contributed by atoms with Crippen LogP contribution >= 0.6 is 11.6 Å². The van der Waals surface area contributed by atoms with E-state index in [1.54, 1.807) is 0 Å². The first kappa shape index (κ1) is 16.3. The number of nitrogens with zero attached hydrogens (tertiary/aromatic N) is 1. The van der Waals surface area contributed by atoms with E-state index in [1.165, 1.54) is 11.3 Å². The van der Waals surface area contributed by atoms with Crippen LogP contribution in [0.25, 0.3) is 0 Å². The van der Waals surface area contributed by atoms with Gasteiger partial charge >= 0.3 is 0 Å². The van der Waals surface area contributed by atoms with Crippen LogP contribution in [0.2, 0.25) is 5.02 Å². The molecule has 0 saturated carbocycles. The van der Waals surface area contributed by atoms with Gasteiger partial charge in [-0.05, 0) is 43.7 Å². The lowest BCUT2D eigenvalue weighted by molar-refractivity contribution is 0.296. The van der Waals surface area contributed by atoms with Crippen molar-refractivity contribution in [2.75, 3.05) is 25.1 Å². The molecule has 0 aliphatic carbocycles. The van der Waals surface area contributed by atoms with Crippen LogP contribution in [0, 0.1) is 0 Å². The number of rotatable bonds is 8. The maximum absolute atomic E-state index is 9.33. The predicted molar refractivity (Wildman–Crippen MR) is 83.0 cm³/mol. The molecule has 0 unspecified atom stereocenters. The maximum Gasteiger partial charge on any atom is 0.0606 e. The number of hydrogen-bond donors (Lipinski definition) is 2. The maximum atomic E-state index is 9.33. The van der Waals surface area contributed by atoms with Crippen molar-refractivity contribution in [3.05, 3.63) is 28.8 Å². The summed E-state index contributed by atoms with van der Waals surface area (Å²) in [6, 6.07) is 6.43. The molecule has 0 spiro atoms. The summed E-state index contributed by atoms with van der Waals surface area (Å²) in [7, 11) is 1.93. The monoisotopic (exact) mass is 284 g/mol. The minimum absolute atomic E-state index is 0.165. The van der Waals surface area contributed by atoms with Crippen molar-refractivity contribution in [3.63, 3.8) is 0 Å². The molecule has 0 heterocycles. The van der Waals surface area contributed by atoms with Gasteiger partial charge in [-0.25, -0.2) is 0 Å². The van der Waals surface area contributed by atoms with Gasteiger partial charge in [0.2, 0.25) is 0 Å². The Morgan fingerprint density at radius 1 is 1.32 bits per heavy atom. The van der Waals surface area contributed by atoms with Crippen LogP contribution in [0.5, 0.6) is 0 Å². The van der Waals surface area contributed by atoms with E-state index in [1.807, 2.05) is 19.2 Å². The number of hydrogen-bond acceptors (Lipinski definition) is 3. The van der Waals surface area contributed by atoms with Crippen molar-refractivity contribution in [1.29, 1.82) is 0 Å². The summed E-state index contributed by atoms with van der Waals surface area (Å²) in [6.45, 7) is 5.97. The Morgan fingerprint density at radius 2 is 2.00 bits per heavy atom. The normalized spacial score (nSPS) is 11.1. The van der Waals surface area contributed by atoms with Gasteiger partial charge in [-0.15, -0.1) is 0 Å². The van der Waals surface area contributed by atoms with E-state index >= 15 is 0 Å². The summed E-state index contributed by atoms with van der Waals surface area (Å²) in [5.41, 5.74) is 2.34. The molecular formula is C15H25ClN2O. The molecule has 2 N–H and O–H groups in total. The van der Waals surface area contributed by atoms with Crippen molar-refractivity contribution in [2.24, 2.45) is 0 Å². The molecule has 0 fully saturated rings. The molecule has 1 aromatic carbocycles. The third kappa shape index (κ3) is 4.37. The molecule has 1 aromatic rings. The molecule has 1 rings (SSSR count). The quantitative estimate of drug-likeness (QED) is 0.770. The van der Waals surface area contributed by atoms with Gasteiger partial charge in [0.1, 0.15) is 0 Å². The molecule has 0 aliphatic rings. The zero-order valence-electron chi connectivity index (χ0n) is 12.1. The zero-order valence-corrected chi connectivity index (χ0v) is 12.9. The number of aliphatic hydroxyl groups is 1. The predicted octanol–water partition coefficient (Wildman–Crippen LogP) is 3.05. The molecule has 0 aliphatic heterocycles. The van der Waals surface area contributed by atoms with E-state index in [4.69, 9.17) is 11.6 Å². The number of anilines is 1. The van der Waals surface area contributed by atoms with Gasteiger partial charge in [-0.2, -0.15) is 0 Å². The summed E-state index contributed by atoms with van der Waals surface area (Å²) in [5, 5.41) is 13.3. The van der Waals surface area contributed by atoms with E-state index in [0.717, 1.165) is 24.4 Å². The number of halogens is 1. The van der Waals surface area contributed by atoms with E-state index in [0.29, 0.717) is 12.6 Å². The average molecular weight is 285 g/mol. The Hall–Kier alpha value is -0.770. The lowest BCUT2D eigenvalue weighted by Gasteiger charge is -2.34. The molecule has 0 radical (unpaired) electrons. The minimum atomic E-state index is 0.165. The second-order valence-corrected chi connectivity index (χ2v) is 5.13. The Kier molecular flexibility index (Phi) is 7.21. The van der Waals surface area contributed by atoms with Gasteiger partial charge in [0.25, 0.3) is 0 Å². The lowest BCUT2D eigenvalue weighted by atomic mass is 10.1. The fourth-order valence-electron chi connectivity index (χ4n) is 2.50. The van der Waals surface area contributed by atoms with Crippen LogP contribution in [-0.4, -0.2) is 31.3 Å². The minimum Gasteiger partial charge on any atom is -0.395 e. The van der Waals surface area contributed by atoms with E-state index in [-0.39, 0.29) is 6.61 Å². The summed E-state index contributed by atoms with van der Waals surface area (Å²) in [6.07, 6.45) is 2.14. The van der Waals surface area contributed by atoms with Crippen LogP contribution < -0.4 is 10.2 Å². The zero-order chi connectivity index (χ0) is 14.3. The highest BCUT2D eigenvalue weighted by atomic mass is 35.5. The van der Waals surface area contributed by atoms with Crippen LogP contribution in [-0.2, 0) is 6.54 Å². The summed E-state index contributed by atoms with van der Waals surface area (Å²) in [5.74, 6) is 0. The Labute approximate surface area is 121 Å². The highest BCUT2D eigenvalue weighted by Crippen LogP contribution is 2.27. The molecule has 4 heteroatoms. The van der Waals surface area contributed by atoms with Crippen molar-refractivity contribution >= 4 is 17.3 Å². The topological polar surface area (TPSA) is 35.5 Å². The number of nitrogens with one attached hydrogen (secondary N) is 1. The van der Waals surface area contributed by atoms with Gasteiger partial charge in [-0.1, -0.05) is 25.4 Å². The van der Waals surface area contributed by atoms with Crippen LogP contribution in [0.1, 0.15) is 32.3 Å². The Morgan fingerprint density at radius 3 is 2.53 bits per heavy atom. The standard InChI is InChI=1S/C15H25ClN2O/c1-4-14(5-2)18(8-9-19)15-7-6-13(16)10-12(15)11-17-3/h6-7,10,14,17,19H,4-5,8-9,11H2,1-3H3. The largest absolute Gasteiger partial charge is 0.395 e. The van der Waals surface area contributed by atoms with Crippen molar-refractivity contribution in [1.82, 2.24) is 5.32 Å². The smallest absolute Gasteiger partial charge is 0.0606 e. The molecule has 0 amide bonds. The second-order valence-electron chi connectivity index (χ2n) is 4.69. The highest BCUT2D eigenvalue weighted by Gasteiger charge is 2.18. The third-order valence-electron chi connectivity index (χ3n) is 3.44. The van der Waals surface area contributed by atoms with Gasteiger partial charge in [0, 0.05) is 29.8 Å². The van der Waals surface area contributed by atoms with Crippen LogP contribution in [0.3, 0.4) is 0 Å². The van der Waals surface area contributed by atoms with Gasteiger partial charge in [0.05, 0.1) is 6.61 Å². The molecular weight excluding hydrogens is 260 g/mol. The SMILES string of the molecule is CCC(CC)N(CCO)c1ccc(Cl)cc1CNC.